The van der Waals surface area contributed by atoms with Crippen molar-refractivity contribution < 1.29 is 19.0 Å². The van der Waals surface area contributed by atoms with Crippen LogP contribution in [0.25, 0.3) is 0 Å². The van der Waals surface area contributed by atoms with Gasteiger partial charge in [0, 0.05) is 6.42 Å². The standard InChI is InChI=1S/C20H25FN2O5/c1-20(2,3)13-6-4-12(5-7-13)11-27-15-8-17(28-16(15)10-24)23-9-14(21)18(25)22-19(23)26/h4-7,9,15-17,24H,8,10-11H2,1-3H3,(H,22,25,26)/t15-,16+,17+/m0/s1. The van der Waals surface area contributed by atoms with Crippen LogP contribution in [0.1, 0.15) is 44.5 Å². The monoisotopic (exact) mass is 392 g/mol. The molecule has 152 valence electrons. The highest BCUT2D eigenvalue weighted by Gasteiger charge is 2.37. The molecular formula is C20H25FN2O5. The molecule has 1 aromatic heterocycles. The second kappa shape index (κ2) is 7.98. The maximum absolute atomic E-state index is 13.5. The zero-order valence-corrected chi connectivity index (χ0v) is 16.1. The number of aliphatic hydroxyl groups is 1. The maximum Gasteiger partial charge on any atom is 0.330 e. The molecule has 0 aliphatic carbocycles. The molecule has 0 spiro atoms. The third kappa shape index (κ3) is 4.40. The number of rotatable bonds is 5. The van der Waals surface area contributed by atoms with Gasteiger partial charge in [-0.3, -0.25) is 14.3 Å². The van der Waals surface area contributed by atoms with Gasteiger partial charge in [-0.15, -0.1) is 0 Å². The summed E-state index contributed by atoms with van der Waals surface area (Å²) in [5.41, 5.74) is 0.400. The molecule has 2 aromatic rings. The summed E-state index contributed by atoms with van der Waals surface area (Å²) in [5.74, 6) is -1.08. The van der Waals surface area contributed by atoms with Crippen molar-refractivity contribution in [2.45, 2.75) is 57.6 Å². The van der Waals surface area contributed by atoms with Crippen molar-refractivity contribution in [1.82, 2.24) is 9.55 Å². The molecule has 1 aromatic carbocycles. The van der Waals surface area contributed by atoms with Gasteiger partial charge >= 0.3 is 5.69 Å². The zero-order valence-electron chi connectivity index (χ0n) is 16.1. The molecule has 1 saturated heterocycles. The van der Waals surface area contributed by atoms with Crippen LogP contribution in [0.4, 0.5) is 4.39 Å². The fraction of sp³-hybridized carbons (Fsp3) is 0.500. The summed E-state index contributed by atoms with van der Waals surface area (Å²) in [7, 11) is 0. The van der Waals surface area contributed by atoms with E-state index in [1.807, 2.05) is 17.1 Å². The largest absolute Gasteiger partial charge is 0.394 e. The summed E-state index contributed by atoms with van der Waals surface area (Å²) < 4.78 is 26.0. The first kappa shape index (κ1) is 20.4. The molecule has 3 rings (SSSR count). The van der Waals surface area contributed by atoms with Gasteiger partial charge in [0.05, 0.1) is 25.5 Å². The zero-order chi connectivity index (χ0) is 20.5. The van der Waals surface area contributed by atoms with Gasteiger partial charge in [-0.1, -0.05) is 45.0 Å². The number of benzene rings is 1. The van der Waals surface area contributed by atoms with E-state index in [4.69, 9.17) is 9.47 Å². The number of ether oxygens (including phenoxy) is 2. The summed E-state index contributed by atoms with van der Waals surface area (Å²) in [6, 6.07) is 8.09. The lowest BCUT2D eigenvalue weighted by atomic mass is 9.87. The van der Waals surface area contributed by atoms with Crippen LogP contribution >= 0.6 is 0 Å². The SMILES string of the molecule is CC(C)(C)c1ccc(CO[C@H]2C[C@H](n3cc(F)c(=O)[nH]c3=O)O[C@@H]2CO)cc1. The number of aromatic nitrogens is 2. The first-order chi connectivity index (χ1) is 13.2. The van der Waals surface area contributed by atoms with E-state index >= 15 is 0 Å². The fourth-order valence-corrected chi connectivity index (χ4v) is 3.19. The van der Waals surface area contributed by atoms with Crippen molar-refractivity contribution in [3.8, 4) is 0 Å². The van der Waals surface area contributed by atoms with Crippen molar-refractivity contribution in [2.75, 3.05) is 6.61 Å². The lowest BCUT2D eigenvalue weighted by Crippen LogP contribution is -2.34. The van der Waals surface area contributed by atoms with Crippen LogP contribution in [0.2, 0.25) is 0 Å². The summed E-state index contributed by atoms with van der Waals surface area (Å²) in [6.07, 6.45) is -0.894. The molecule has 1 aliphatic heterocycles. The average molecular weight is 392 g/mol. The highest BCUT2D eigenvalue weighted by molar-refractivity contribution is 5.27. The van der Waals surface area contributed by atoms with E-state index in [9.17, 15) is 19.1 Å². The Labute approximate surface area is 161 Å². The molecule has 0 radical (unpaired) electrons. The molecule has 7 nitrogen and oxygen atoms in total. The number of nitrogens with one attached hydrogen (secondary N) is 1. The molecule has 2 N–H and O–H groups in total. The quantitative estimate of drug-likeness (QED) is 0.810. The van der Waals surface area contributed by atoms with Crippen LogP contribution in [-0.4, -0.2) is 33.5 Å². The second-order valence-corrected chi connectivity index (χ2v) is 7.99. The van der Waals surface area contributed by atoms with Gasteiger partial charge in [0.2, 0.25) is 5.82 Å². The normalized spacial score (nSPS) is 22.5. The minimum Gasteiger partial charge on any atom is -0.394 e. The summed E-state index contributed by atoms with van der Waals surface area (Å²) in [4.78, 5) is 25.0. The van der Waals surface area contributed by atoms with Crippen molar-refractivity contribution in [1.29, 1.82) is 0 Å². The van der Waals surface area contributed by atoms with Crippen LogP contribution in [-0.2, 0) is 21.5 Å². The highest BCUT2D eigenvalue weighted by Crippen LogP contribution is 2.30. The van der Waals surface area contributed by atoms with Crippen LogP contribution in [0.15, 0.2) is 40.1 Å². The molecule has 1 aliphatic rings. The Morgan fingerprint density at radius 2 is 1.96 bits per heavy atom. The molecule has 3 atom stereocenters. The molecule has 2 heterocycles. The number of H-pyrrole nitrogens is 1. The van der Waals surface area contributed by atoms with E-state index in [0.717, 1.165) is 16.3 Å². The molecule has 0 bridgehead atoms. The third-order valence-electron chi connectivity index (χ3n) is 4.88. The lowest BCUT2D eigenvalue weighted by molar-refractivity contribution is -0.0659. The molecular weight excluding hydrogens is 367 g/mol. The lowest BCUT2D eigenvalue weighted by Gasteiger charge is -2.20. The Bertz CT molecular complexity index is 929. The van der Waals surface area contributed by atoms with Crippen LogP contribution in [0.5, 0.6) is 0 Å². The minimum absolute atomic E-state index is 0.0626. The number of aromatic amines is 1. The Hall–Kier alpha value is -2.29. The van der Waals surface area contributed by atoms with Gasteiger partial charge in [-0.25, -0.2) is 4.79 Å². The van der Waals surface area contributed by atoms with E-state index in [1.54, 1.807) is 0 Å². The first-order valence-electron chi connectivity index (χ1n) is 9.17. The molecule has 1 fully saturated rings. The van der Waals surface area contributed by atoms with Crippen LogP contribution in [0.3, 0.4) is 0 Å². The predicted octanol–water partition coefficient (Wildman–Crippen LogP) is 1.84. The minimum atomic E-state index is -1.08. The number of hydrogen-bond donors (Lipinski definition) is 2. The second-order valence-electron chi connectivity index (χ2n) is 7.99. The highest BCUT2D eigenvalue weighted by atomic mass is 19.1. The topological polar surface area (TPSA) is 93.6 Å². The number of halogens is 1. The Kier molecular flexibility index (Phi) is 5.83. The number of aliphatic hydroxyl groups excluding tert-OH is 1. The molecule has 8 heteroatoms. The maximum atomic E-state index is 13.5. The summed E-state index contributed by atoms with van der Waals surface area (Å²) in [5, 5.41) is 9.57. The van der Waals surface area contributed by atoms with E-state index in [0.29, 0.717) is 6.61 Å². The molecule has 28 heavy (non-hydrogen) atoms. The summed E-state index contributed by atoms with van der Waals surface area (Å²) >= 11 is 0. The number of hydrogen-bond acceptors (Lipinski definition) is 5. The van der Waals surface area contributed by atoms with E-state index in [-0.39, 0.29) is 18.4 Å². The predicted molar refractivity (Wildman–Crippen MR) is 101 cm³/mol. The van der Waals surface area contributed by atoms with Crippen molar-refractivity contribution in [3.05, 3.63) is 68.2 Å². The Morgan fingerprint density at radius 3 is 2.57 bits per heavy atom. The van der Waals surface area contributed by atoms with E-state index in [1.165, 1.54) is 5.56 Å². The van der Waals surface area contributed by atoms with Crippen molar-refractivity contribution in [2.24, 2.45) is 0 Å². The number of nitrogens with zero attached hydrogens (tertiary/aromatic N) is 1. The van der Waals surface area contributed by atoms with Gasteiger partial charge < -0.3 is 14.6 Å². The van der Waals surface area contributed by atoms with Gasteiger partial charge in [-0.05, 0) is 16.5 Å². The van der Waals surface area contributed by atoms with Gasteiger partial charge in [-0.2, -0.15) is 4.39 Å². The first-order valence-corrected chi connectivity index (χ1v) is 9.17. The van der Waals surface area contributed by atoms with Crippen molar-refractivity contribution in [3.63, 3.8) is 0 Å². The van der Waals surface area contributed by atoms with Gasteiger partial charge in [0.25, 0.3) is 5.56 Å². The smallest absolute Gasteiger partial charge is 0.330 e. The van der Waals surface area contributed by atoms with Gasteiger partial charge in [0.1, 0.15) is 12.3 Å². The molecule has 0 amide bonds. The molecule has 0 unspecified atom stereocenters. The molecule has 0 saturated carbocycles. The van der Waals surface area contributed by atoms with Crippen molar-refractivity contribution >= 4 is 0 Å². The van der Waals surface area contributed by atoms with E-state index in [2.05, 4.69) is 32.9 Å². The third-order valence-corrected chi connectivity index (χ3v) is 4.88. The summed E-state index contributed by atoms with van der Waals surface area (Å²) in [6.45, 7) is 6.44. The van der Waals surface area contributed by atoms with E-state index < -0.39 is 35.5 Å². The average Bonchev–Trinajstić information content (AvgIpc) is 3.05. The van der Waals surface area contributed by atoms with Crippen LogP contribution < -0.4 is 11.2 Å². The Morgan fingerprint density at radius 1 is 1.29 bits per heavy atom. The Balaban J connectivity index is 1.68. The van der Waals surface area contributed by atoms with Crippen LogP contribution in [0, 0.1) is 5.82 Å². The fourth-order valence-electron chi connectivity index (χ4n) is 3.19. The van der Waals surface area contributed by atoms with Gasteiger partial charge in [0.15, 0.2) is 0 Å².